The molecule has 0 radical (unpaired) electrons. The zero-order valence-electron chi connectivity index (χ0n) is 13.4. The Morgan fingerprint density at radius 2 is 1.55 bits per heavy atom. The summed E-state index contributed by atoms with van der Waals surface area (Å²) < 4.78 is 0. The van der Waals surface area contributed by atoms with E-state index in [9.17, 15) is 0 Å². The minimum atomic E-state index is 0.412. The van der Waals surface area contributed by atoms with Gasteiger partial charge in [-0.1, -0.05) is 80.3 Å². The number of rotatable bonds is 5. The molecule has 0 aliphatic heterocycles. The Kier molecular flexibility index (Phi) is 4.69. The summed E-state index contributed by atoms with van der Waals surface area (Å²) in [5.41, 5.74) is 7.50. The highest BCUT2D eigenvalue weighted by atomic mass is 35.5. The van der Waals surface area contributed by atoms with Gasteiger partial charge in [0.15, 0.2) is 0 Å². The quantitative estimate of drug-likeness (QED) is 0.567. The zero-order chi connectivity index (χ0) is 15.5. The van der Waals surface area contributed by atoms with E-state index in [0.29, 0.717) is 5.92 Å². The van der Waals surface area contributed by atoms with Crippen LogP contribution in [0.5, 0.6) is 0 Å². The van der Waals surface area contributed by atoms with Gasteiger partial charge < -0.3 is 0 Å². The average molecular weight is 311 g/mol. The van der Waals surface area contributed by atoms with E-state index in [2.05, 4.69) is 50.2 Å². The molecule has 1 unspecified atom stereocenters. The van der Waals surface area contributed by atoms with Gasteiger partial charge in [0.1, 0.15) is 0 Å². The molecule has 1 heteroatoms. The van der Waals surface area contributed by atoms with E-state index in [-0.39, 0.29) is 0 Å². The SMILES string of the molecule is CCCC1=C(CCC)C(c2ccc(Cl)cc2)c2ccccc21. The molecule has 1 atom stereocenters. The molecule has 0 saturated heterocycles. The van der Waals surface area contributed by atoms with E-state index >= 15 is 0 Å². The van der Waals surface area contributed by atoms with Crippen LogP contribution >= 0.6 is 11.6 Å². The third-order valence-electron chi connectivity index (χ3n) is 4.56. The molecule has 114 valence electrons. The molecule has 1 aliphatic rings. The standard InChI is InChI=1S/C21H23Cl/c1-3-7-17-18-9-5-6-10-20(18)21(19(17)8-4-2)15-11-13-16(22)14-12-15/h5-6,9-14,21H,3-4,7-8H2,1-2H3. The van der Waals surface area contributed by atoms with Crippen LogP contribution in [0, 0.1) is 0 Å². The fraction of sp³-hybridized carbons (Fsp3) is 0.333. The van der Waals surface area contributed by atoms with Crippen LogP contribution in [-0.2, 0) is 0 Å². The summed E-state index contributed by atoms with van der Waals surface area (Å²) in [5.74, 6) is 0.412. The van der Waals surface area contributed by atoms with Gasteiger partial charge in [-0.3, -0.25) is 0 Å². The second kappa shape index (κ2) is 6.71. The summed E-state index contributed by atoms with van der Waals surface area (Å²) in [6.07, 6.45) is 4.75. The van der Waals surface area contributed by atoms with Gasteiger partial charge in [-0.05, 0) is 47.2 Å². The maximum atomic E-state index is 6.08. The van der Waals surface area contributed by atoms with Crippen molar-refractivity contribution in [3.05, 3.63) is 75.8 Å². The molecular weight excluding hydrogens is 288 g/mol. The fourth-order valence-corrected chi connectivity index (χ4v) is 3.83. The van der Waals surface area contributed by atoms with Gasteiger partial charge >= 0.3 is 0 Å². The minimum absolute atomic E-state index is 0.412. The van der Waals surface area contributed by atoms with E-state index in [4.69, 9.17) is 11.6 Å². The van der Waals surface area contributed by atoms with Crippen LogP contribution in [0.15, 0.2) is 54.1 Å². The molecular formula is C21H23Cl. The third-order valence-corrected chi connectivity index (χ3v) is 4.81. The lowest BCUT2D eigenvalue weighted by molar-refractivity contribution is 0.820. The Labute approximate surface area is 138 Å². The second-order valence-corrected chi connectivity index (χ2v) is 6.51. The molecule has 2 aromatic carbocycles. The van der Waals surface area contributed by atoms with Gasteiger partial charge in [-0.25, -0.2) is 0 Å². The Morgan fingerprint density at radius 3 is 2.23 bits per heavy atom. The highest BCUT2D eigenvalue weighted by Gasteiger charge is 2.30. The first-order valence-corrected chi connectivity index (χ1v) is 8.70. The van der Waals surface area contributed by atoms with E-state index in [1.54, 1.807) is 11.1 Å². The average Bonchev–Trinajstić information content (AvgIpc) is 2.83. The molecule has 0 aromatic heterocycles. The van der Waals surface area contributed by atoms with Crippen LogP contribution in [-0.4, -0.2) is 0 Å². The largest absolute Gasteiger partial charge is 0.0843 e. The van der Waals surface area contributed by atoms with Crippen molar-refractivity contribution in [3.63, 3.8) is 0 Å². The van der Waals surface area contributed by atoms with Crippen LogP contribution in [0.4, 0.5) is 0 Å². The van der Waals surface area contributed by atoms with E-state index in [0.717, 1.165) is 5.02 Å². The van der Waals surface area contributed by atoms with Crippen molar-refractivity contribution in [1.29, 1.82) is 0 Å². The van der Waals surface area contributed by atoms with Crippen molar-refractivity contribution in [3.8, 4) is 0 Å². The monoisotopic (exact) mass is 310 g/mol. The van der Waals surface area contributed by atoms with Gasteiger partial charge in [-0.15, -0.1) is 0 Å². The summed E-state index contributed by atoms with van der Waals surface area (Å²) in [6.45, 7) is 4.55. The number of allylic oxidation sites excluding steroid dienone is 2. The molecule has 0 fully saturated rings. The number of hydrogen-bond acceptors (Lipinski definition) is 0. The van der Waals surface area contributed by atoms with E-state index in [1.807, 2.05) is 12.1 Å². The summed E-state index contributed by atoms with van der Waals surface area (Å²) in [6, 6.07) is 17.3. The molecule has 0 amide bonds. The summed E-state index contributed by atoms with van der Waals surface area (Å²) >= 11 is 6.08. The van der Waals surface area contributed by atoms with Crippen molar-refractivity contribution in [2.75, 3.05) is 0 Å². The van der Waals surface area contributed by atoms with E-state index in [1.165, 1.54) is 42.4 Å². The second-order valence-electron chi connectivity index (χ2n) is 6.08. The topological polar surface area (TPSA) is 0 Å². The van der Waals surface area contributed by atoms with Gasteiger partial charge in [0.05, 0.1) is 0 Å². The van der Waals surface area contributed by atoms with Gasteiger partial charge in [0.2, 0.25) is 0 Å². The lowest BCUT2D eigenvalue weighted by Crippen LogP contribution is -2.01. The van der Waals surface area contributed by atoms with Gasteiger partial charge in [0, 0.05) is 10.9 Å². The molecule has 1 aliphatic carbocycles. The van der Waals surface area contributed by atoms with Crippen molar-refractivity contribution in [2.24, 2.45) is 0 Å². The van der Waals surface area contributed by atoms with Gasteiger partial charge in [0.25, 0.3) is 0 Å². The number of fused-ring (bicyclic) bond motifs is 1. The summed E-state index contributed by atoms with van der Waals surface area (Å²) in [7, 11) is 0. The van der Waals surface area contributed by atoms with Crippen LogP contribution in [0.2, 0.25) is 5.02 Å². The predicted molar refractivity (Wildman–Crippen MR) is 96.5 cm³/mol. The van der Waals surface area contributed by atoms with Gasteiger partial charge in [-0.2, -0.15) is 0 Å². The maximum absolute atomic E-state index is 6.08. The lowest BCUT2D eigenvalue weighted by atomic mass is 9.86. The highest BCUT2D eigenvalue weighted by Crippen LogP contribution is 2.48. The Balaban J connectivity index is 2.15. The van der Waals surface area contributed by atoms with E-state index < -0.39 is 0 Å². The van der Waals surface area contributed by atoms with Crippen LogP contribution < -0.4 is 0 Å². The molecule has 3 rings (SSSR count). The Morgan fingerprint density at radius 1 is 0.864 bits per heavy atom. The minimum Gasteiger partial charge on any atom is -0.0843 e. The molecule has 0 saturated carbocycles. The molecule has 0 N–H and O–H groups in total. The first-order chi connectivity index (χ1) is 10.8. The molecule has 0 bridgehead atoms. The summed E-state index contributed by atoms with van der Waals surface area (Å²) in [5, 5.41) is 0.810. The number of benzene rings is 2. The third kappa shape index (κ3) is 2.73. The van der Waals surface area contributed by atoms with Crippen molar-refractivity contribution in [1.82, 2.24) is 0 Å². The smallest absolute Gasteiger partial charge is 0.0406 e. The molecule has 0 nitrogen and oxygen atoms in total. The number of halogens is 1. The van der Waals surface area contributed by atoms with Crippen LogP contribution in [0.25, 0.3) is 5.57 Å². The van der Waals surface area contributed by atoms with Crippen molar-refractivity contribution in [2.45, 2.75) is 45.4 Å². The molecule has 0 heterocycles. The molecule has 0 spiro atoms. The summed E-state index contributed by atoms with van der Waals surface area (Å²) in [4.78, 5) is 0. The Bertz CT molecular complexity index is 679. The van der Waals surface area contributed by atoms with Crippen molar-refractivity contribution >= 4 is 17.2 Å². The predicted octanol–water partition coefficient (Wildman–Crippen LogP) is 6.84. The maximum Gasteiger partial charge on any atom is 0.0406 e. The molecule has 2 aromatic rings. The zero-order valence-corrected chi connectivity index (χ0v) is 14.2. The lowest BCUT2D eigenvalue weighted by Gasteiger charge is -2.18. The number of hydrogen-bond donors (Lipinski definition) is 0. The highest BCUT2D eigenvalue weighted by molar-refractivity contribution is 6.30. The first-order valence-electron chi connectivity index (χ1n) is 8.33. The Hall–Kier alpha value is -1.53. The first kappa shape index (κ1) is 15.4. The molecule has 22 heavy (non-hydrogen) atoms. The van der Waals surface area contributed by atoms with Crippen molar-refractivity contribution < 1.29 is 0 Å². The fourth-order valence-electron chi connectivity index (χ4n) is 3.70. The van der Waals surface area contributed by atoms with Crippen LogP contribution in [0.3, 0.4) is 0 Å². The normalized spacial score (nSPS) is 17.0. The van der Waals surface area contributed by atoms with Crippen LogP contribution in [0.1, 0.15) is 62.1 Å².